The average molecular weight is 305 g/mol. The van der Waals surface area contributed by atoms with Gasteiger partial charge in [-0.1, -0.05) is 30.3 Å². The van der Waals surface area contributed by atoms with Crippen LogP contribution < -0.4 is 5.46 Å². The third-order valence-corrected chi connectivity index (χ3v) is 5.19. The Hall–Kier alpha value is -1.91. The van der Waals surface area contributed by atoms with Crippen LogP contribution in [-0.4, -0.2) is 23.3 Å². The van der Waals surface area contributed by atoms with Gasteiger partial charge < -0.3 is 9.31 Å². The van der Waals surface area contributed by atoms with Crippen molar-refractivity contribution in [2.24, 2.45) is 0 Å². The number of fused-ring (bicyclic) bond motifs is 3. The predicted octanol–water partition coefficient (Wildman–Crippen LogP) is 3.69. The summed E-state index contributed by atoms with van der Waals surface area (Å²) in [5, 5.41) is 4.76. The molecule has 1 aliphatic heterocycles. The molecule has 0 atom stereocenters. The Balaban J connectivity index is 1.80. The SMILES string of the molecule is CC1(C)OB(c2ccc3c(ccc4ccncc43)c2)OC1(C)C. The first kappa shape index (κ1) is 14.7. The van der Waals surface area contributed by atoms with E-state index in [0.717, 1.165) is 5.46 Å². The van der Waals surface area contributed by atoms with Gasteiger partial charge >= 0.3 is 7.12 Å². The number of aromatic nitrogens is 1. The van der Waals surface area contributed by atoms with Crippen LogP contribution in [0.4, 0.5) is 0 Å². The second-order valence-corrected chi connectivity index (χ2v) is 7.23. The Kier molecular flexibility index (Phi) is 3.06. The van der Waals surface area contributed by atoms with Crippen LogP contribution in [0, 0.1) is 0 Å². The van der Waals surface area contributed by atoms with Gasteiger partial charge in [0.1, 0.15) is 0 Å². The highest BCUT2D eigenvalue weighted by atomic mass is 16.7. The van der Waals surface area contributed by atoms with Gasteiger partial charge in [0.15, 0.2) is 0 Å². The maximum atomic E-state index is 6.15. The molecule has 0 aliphatic carbocycles. The van der Waals surface area contributed by atoms with Crippen molar-refractivity contribution in [3.8, 4) is 0 Å². The van der Waals surface area contributed by atoms with Crippen LogP contribution in [0.25, 0.3) is 21.5 Å². The van der Waals surface area contributed by atoms with E-state index in [1.54, 1.807) is 0 Å². The lowest BCUT2D eigenvalue weighted by Crippen LogP contribution is -2.41. The van der Waals surface area contributed by atoms with E-state index in [0.29, 0.717) is 0 Å². The molecule has 2 heterocycles. The summed E-state index contributed by atoms with van der Waals surface area (Å²) < 4.78 is 12.3. The first-order valence-corrected chi connectivity index (χ1v) is 7.99. The van der Waals surface area contributed by atoms with Crippen molar-refractivity contribution in [1.29, 1.82) is 0 Å². The molecule has 0 bridgehead atoms. The average Bonchev–Trinajstić information content (AvgIpc) is 2.75. The zero-order chi connectivity index (χ0) is 16.2. The van der Waals surface area contributed by atoms with E-state index in [-0.39, 0.29) is 18.3 Å². The topological polar surface area (TPSA) is 31.4 Å². The lowest BCUT2D eigenvalue weighted by Gasteiger charge is -2.32. The second-order valence-electron chi connectivity index (χ2n) is 7.23. The number of nitrogens with zero attached hydrogens (tertiary/aromatic N) is 1. The fourth-order valence-electron chi connectivity index (χ4n) is 3.05. The standard InChI is InChI=1S/C19H20BNO2/c1-18(2)19(3,4)23-20(22-18)15-7-8-16-14(11-15)6-5-13-9-10-21-12-17(13)16/h5-12H,1-4H3. The molecular weight excluding hydrogens is 285 g/mol. The summed E-state index contributed by atoms with van der Waals surface area (Å²) in [5.41, 5.74) is 0.416. The van der Waals surface area contributed by atoms with Crippen LogP contribution in [0.2, 0.25) is 0 Å². The summed E-state index contributed by atoms with van der Waals surface area (Å²) >= 11 is 0. The van der Waals surface area contributed by atoms with Gasteiger partial charge in [-0.3, -0.25) is 4.98 Å². The molecule has 1 saturated heterocycles. The zero-order valence-corrected chi connectivity index (χ0v) is 14.0. The summed E-state index contributed by atoms with van der Waals surface area (Å²) in [5.74, 6) is 0. The fraction of sp³-hybridized carbons (Fsp3) is 0.316. The molecule has 0 N–H and O–H groups in total. The maximum Gasteiger partial charge on any atom is 0.494 e. The van der Waals surface area contributed by atoms with Crippen molar-refractivity contribution in [1.82, 2.24) is 4.98 Å². The molecule has 23 heavy (non-hydrogen) atoms. The molecule has 0 radical (unpaired) electrons. The number of hydrogen-bond donors (Lipinski definition) is 0. The Labute approximate surface area is 136 Å². The molecule has 1 aliphatic rings. The summed E-state index contributed by atoms with van der Waals surface area (Å²) in [4.78, 5) is 4.25. The minimum atomic E-state index is -0.325. The van der Waals surface area contributed by atoms with Crippen LogP contribution in [-0.2, 0) is 9.31 Å². The zero-order valence-electron chi connectivity index (χ0n) is 14.0. The molecular formula is C19H20BNO2. The molecule has 0 spiro atoms. The molecule has 4 rings (SSSR count). The van der Waals surface area contributed by atoms with Gasteiger partial charge in [0.2, 0.25) is 0 Å². The number of rotatable bonds is 1. The highest BCUT2D eigenvalue weighted by molar-refractivity contribution is 6.62. The van der Waals surface area contributed by atoms with E-state index >= 15 is 0 Å². The highest BCUT2D eigenvalue weighted by Crippen LogP contribution is 2.36. The summed E-state index contributed by atoms with van der Waals surface area (Å²) in [6, 6.07) is 12.7. The Morgan fingerprint density at radius 2 is 1.52 bits per heavy atom. The smallest absolute Gasteiger partial charge is 0.399 e. The van der Waals surface area contributed by atoms with Crippen molar-refractivity contribution >= 4 is 34.1 Å². The van der Waals surface area contributed by atoms with Crippen LogP contribution in [0.15, 0.2) is 48.8 Å². The van der Waals surface area contributed by atoms with E-state index in [4.69, 9.17) is 9.31 Å². The number of benzene rings is 2. The highest BCUT2D eigenvalue weighted by Gasteiger charge is 2.51. The summed E-state index contributed by atoms with van der Waals surface area (Å²) in [6.45, 7) is 8.31. The number of pyridine rings is 1. The molecule has 1 fully saturated rings. The van der Waals surface area contributed by atoms with E-state index in [1.165, 1.54) is 21.5 Å². The largest absolute Gasteiger partial charge is 0.494 e. The quantitative estimate of drug-likeness (QED) is 0.507. The molecule has 0 amide bonds. The lowest BCUT2D eigenvalue weighted by atomic mass is 9.78. The summed E-state index contributed by atoms with van der Waals surface area (Å²) in [7, 11) is -0.325. The second kappa shape index (κ2) is 4.79. The van der Waals surface area contributed by atoms with Crippen LogP contribution in [0.3, 0.4) is 0 Å². The van der Waals surface area contributed by atoms with Crippen molar-refractivity contribution in [3.63, 3.8) is 0 Å². The van der Waals surface area contributed by atoms with Crippen LogP contribution >= 0.6 is 0 Å². The molecule has 4 heteroatoms. The minimum Gasteiger partial charge on any atom is -0.399 e. The Morgan fingerprint density at radius 3 is 2.26 bits per heavy atom. The molecule has 0 saturated carbocycles. The molecule has 3 aromatic rings. The fourth-order valence-corrected chi connectivity index (χ4v) is 3.05. The van der Waals surface area contributed by atoms with Gasteiger partial charge in [0.05, 0.1) is 11.2 Å². The van der Waals surface area contributed by atoms with Crippen molar-refractivity contribution in [2.75, 3.05) is 0 Å². The van der Waals surface area contributed by atoms with E-state index < -0.39 is 0 Å². The van der Waals surface area contributed by atoms with Crippen molar-refractivity contribution < 1.29 is 9.31 Å². The van der Waals surface area contributed by atoms with Gasteiger partial charge in [-0.25, -0.2) is 0 Å². The Morgan fingerprint density at radius 1 is 0.826 bits per heavy atom. The lowest BCUT2D eigenvalue weighted by molar-refractivity contribution is 0.00578. The summed E-state index contributed by atoms with van der Waals surface area (Å²) in [6.07, 6.45) is 3.75. The van der Waals surface area contributed by atoms with Gasteiger partial charge in [0.25, 0.3) is 0 Å². The first-order chi connectivity index (χ1) is 10.9. The van der Waals surface area contributed by atoms with Gasteiger partial charge in [-0.05, 0) is 55.4 Å². The molecule has 2 aromatic carbocycles. The third kappa shape index (κ3) is 2.25. The monoisotopic (exact) mass is 305 g/mol. The van der Waals surface area contributed by atoms with E-state index in [2.05, 4.69) is 63.0 Å². The van der Waals surface area contributed by atoms with E-state index in [9.17, 15) is 0 Å². The minimum absolute atomic E-state index is 0.320. The molecule has 116 valence electrons. The maximum absolute atomic E-state index is 6.15. The third-order valence-electron chi connectivity index (χ3n) is 5.19. The van der Waals surface area contributed by atoms with Gasteiger partial charge in [-0.2, -0.15) is 0 Å². The van der Waals surface area contributed by atoms with Crippen LogP contribution in [0.1, 0.15) is 27.7 Å². The van der Waals surface area contributed by atoms with Crippen LogP contribution in [0.5, 0.6) is 0 Å². The van der Waals surface area contributed by atoms with Crippen molar-refractivity contribution in [2.45, 2.75) is 38.9 Å². The van der Waals surface area contributed by atoms with Gasteiger partial charge in [0, 0.05) is 17.8 Å². The van der Waals surface area contributed by atoms with Gasteiger partial charge in [-0.15, -0.1) is 0 Å². The molecule has 1 aromatic heterocycles. The first-order valence-electron chi connectivity index (χ1n) is 7.99. The molecule has 3 nitrogen and oxygen atoms in total. The number of hydrogen-bond acceptors (Lipinski definition) is 3. The molecule has 0 unspecified atom stereocenters. The van der Waals surface area contributed by atoms with E-state index in [1.807, 2.05) is 18.5 Å². The predicted molar refractivity (Wildman–Crippen MR) is 95.0 cm³/mol. The van der Waals surface area contributed by atoms with Crippen molar-refractivity contribution in [3.05, 3.63) is 48.8 Å². The normalized spacial score (nSPS) is 19.6. The Bertz CT molecular complexity index is 888.